The highest BCUT2D eigenvalue weighted by molar-refractivity contribution is 6.31. The van der Waals surface area contributed by atoms with E-state index in [9.17, 15) is 19.8 Å². The number of para-hydroxylation sites is 1. The van der Waals surface area contributed by atoms with Gasteiger partial charge in [0.05, 0.1) is 47.8 Å². The lowest BCUT2D eigenvalue weighted by atomic mass is 9.97. The summed E-state index contributed by atoms with van der Waals surface area (Å²) in [6, 6.07) is 13.1. The van der Waals surface area contributed by atoms with E-state index in [-0.39, 0.29) is 34.3 Å². The molecule has 0 saturated carbocycles. The van der Waals surface area contributed by atoms with Gasteiger partial charge in [-0.1, -0.05) is 23.7 Å². The molecule has 0 aliphatic rings. The third-order valence-corrected chi connectivity index (χ3v) is 6.26. The maximum absolute atomic E-state index is 13.6. The lowest BCUT2D eigenvalue weighted by Crippen LogP contribution is -2.31. The molecule has 0 aliphatic carbocycles. The number of amides is 1. The second-order valence-electron chi connectivity index (χ2n) is 8.30. The van der Waals surface area contributed by atoms with Gasteiger partial charge >= 0.3 is 5.97 Å². The van der Waals surface area contributed by atoms with Crippen molar-refractivity contribution in [1.29, 1.82) is 0 Å². The average molecular weight is 572 g/mol. The number of benzene rings is 3. The SMILES string of the molecule is COc1ccc(CN(C(=O)/C=C/C(=O)O)c2c(OC)cc(Cl)cc2C(O)c2cccc(OC)c2OC)c(OC)c1. The Kier molecular flexibility index (Phi) is 10.2. The predicted molar refractivity (Wildman–Crippen MR) is 149 cm³/mol. The molecular formula is C29H30ClNO9. The van der Waals surface area contributed by atoms with Crippen molar-refractivity contribution in [3.05, 3.63) is 82.4 Å². The molecule has 212 valence electrons. The molecule has 0 heterocycles. The summed E-state index contributed by atoms with van der Waals surface area (Å²) in [5, 5.41) is 21.1. The highest BCUT2D eigenvalue weighted by Crippen LogP contribution is 2.45. The van der Waals surface area contributed by atoms with E-state index >= 15 is 0 Å². The zero-order chi connectivity index (χ0) is 29.4. The van der Waals surface area contributed by atoms with Gasteiger partial charge < -0.3 is 38.8 Å². The second-order valence-corrected chi connectivity index (χ2v) is 8.74. The van der Waals surface area contributed by atoms with E-state index in [0.717, 1.165) is 12.2 Å². The minimum atomic E-state index is -1.37. The molecular weight excluding hydrogens is 542 g/mol. The van der Waals surface area contributed by atoms with Crippen molar-refractivity contribution < 1.29 is 43.5 Å². The molecule has 3 aromatic carbocycles. The molecule has 0 bridgehead atoms. The molecule has 0 aliphatic heterocycles. The number of anilines is 1. The Balaban J connectivity index is 2.29. The molecule has 2 N–H and O–H groups in total. The van der Waals surface area contributed by atoms with Crippen LogP contribution in [0.25, 0.3) is 0 Å². The first-order chi connectivity index (χ1) is 19.2. The van der Waals surface area contributed by atoms with Crippen LogP contribution in [0.15, 0.2) is 60.7 Å². The second kappa shape index (κ2) is 13.6. The van der Waals surface area contributed by atoms with Crippen molar-refractivity contribution in [1.82, 2.24) is 0 Å². The summed E-state index contributed by atoms with van der Waals surface area (Å²) in [7, 11) is 7.29. The van der Waals surface area contributed by atoms with Gasteiger partial charge in [-0.25, -0.2) is 4.79 Å². The van der Waals surface area contributed by atoms with Gasteiger partial charge in [0.2, 0.25) is 0 Å². The van der Waals surface area contributed by atoms with Gasteiger partial charge in [-0.05, 0) is 24.3 Å². The van der Waals surface area contributed by atoms with E-state index < -0.39 is 18.0 Å². The molecule has 0 aromatic heterocycles. The molecule has 3 aromatic rings. The number of aliphatic hydroxyl groups excluding tert-OH is 1. The lowest BCUT2D eigenvalue weighted by Gasteiger charge is -2.29. The van der Waals surface area contributed by atoms with Crippen LogP contribution >= 0.6 is 11.6 Å². The number of aliphatic hydroxyl groups is 1. The van der Waals surface area contributed by atoms with E-state index in [4.69, 9.17) is 35.3 Å². The fraction of sp³-hybridized carbons (Fsp3) is 0.241. The molecule has 10 nitrogen and oxygen atoms in total. The van der Waals surface area contributed by atoms with Gasteiger partial charge in [-0.15, -0.1) is 0 Å². The summed E-state index contributed by atoms with van der Waals surface area (Å²) in [6.45, 7) is -0.0943. The predicted octanol–water partition coefficient (Wildman–Crippen LogP) is 4.64. The Morgan fingerprint density at radius 3 is 2.15 bits per heavy atom. The molecule has 0 saturated heterocycles. The Morgan fingerprint density at radius 2 is 1.55 bits per heavy atom. The minimum Gasteiger partial charge on any atom is -0.497 e. The molecule has 1 atom stereocenters. The zero-order valence-corrected chi connectivity index (χ0v) is 23.4. The number of carbonyl (C=O) groups is 2. The lowest BCUT2D eigenvalue weighted by molar-refractivity contribution is -0.131. The van der Waals surface area contributed by atoms with Crippen LogP contribution in [0.3, 0.4) is 0 Å². The number of carbonyl (C=O) groups excluding carboxylic acids is 1. The molecule has 1 amide bonds. The van der Waals surface area contributed by atoms with Crippen molar-refractivity contribution in [2.24, 2.45) is 0 Å². The van der Waals surface area contributed by atoms with Crippen molar-refractivity contribution in [2.75, 3.05) is 40.4 Å². The van der Waals surface area contributed by atoms with Gasteiger partial charge in [0.25, 0.3) is 5.91 Å². The zero-order valence-electron chi connectivity index (χ0n) is 22.6. The normalized spacial score (nSPS) is 11.6. The molecule has 40 heavy (non-hydrogen) atoms. The van der Waals surface area contributed by atoms with Crippen LogP contribution in [0.4, 0.5) is 5.69 Å². The van der Waals surface area contributed by atoms with E-state index in [1.54, 1.807) is 36.4 Å². The van der Waals surface area contributed by atoms with Gasteiger partial charge in [0.1, 0.15) is 23.4 Å². The van der Waals surface area contributed by atoms with Crippen molar-refractivity contribution >= 4 is 29.2 Å². The summed E-state index contributed by atoms with van der Waals surface area (Å²) < 4.78 is 27.3. The summed E-state index contributed by atoms with van der Waals surface area (Å²) in [5.41, 5.74) is 1.25. The fourth-order valence-corrected chi connectivity index (χ4v) is 4.41. The van der Waals surface area contributed by atoms with Crippen molar-refractivity contribution in [2.45, 2.75) is 12.6 Å². The quantitative estimate of drug-likeness (QED) is 0.299. The van der Waals surface area contributed by atoms with Crippen LogP contribution in [0.1, 0.15) is 22.8 Å². The number of nitrogens with zero attached hydrogens (tertiary/aromatic N) is 1. The summed E-state index contributed by atoms with van der Waals surface area (Å²) in [6.07, 6.45) is 0.267. The fourth-order valence-electron chi connectivity index (χ4n) is 4.19. The van der Waals surface area contributed by atoms with E-state index in [2.05, 4.69) is 0 Å². The van der Waals surface area contributed by atoms with Crippen molar-refractivity contribution in [3.8, 4) is 28.7 Å². The Hall–Kier alpha value is -4.41. The first-order valence-electron chi connectivity index (χ1n) is 11.9. The number of ether oxygens (including phenoxy) is 5. The van der Waals surface area contributed by atoms with Crippen LogP contribution in [0.5, 0.6) is 28.7 Å². The first-order valence-corrected chi connectivity index (χ1v) is 12.3. The Bertz CT molecular complexity index is 1410. The number of hydrogen-bond donors (Lipinski definition) is 2. The molecule has 11 heteroatoms. The third kappa shape index (κ3) is 6.59. The smallest absolute Gasteiger partial charge is 0.328 e. The standard InChI is InChI=1S/C29H30ClNO9/c1-36-19-10-9-17(23(15-19)38-3)16-31(25(32)11-12-26(33)34)27-21(13-18(30)14-24(27)39-4)28(35)20-7-6-8-22(37-2)29(20)40-5/h6-15,28,35H,16H2,1-5H3,(H,33,34)/b12-11+. The van der Waals surface area contributed by atoms with E-state index in [1.807, 2.05) is 0 Å². The van der Waals surface area contributed by atoms with E-state index in [0.29, 0.717) is 28.4 Å². The average Bonchev–Trinajstić information content (AvgIpc) is 2.97. The van der Waals surface area contributed by atoms with Gasteiger partial charge in [0.15, 0.2) is 11.5 Å². The van der Waals surface area contributed by atoms with E-state index in [1.165, 1.54) is 52.6 Å². The maximum Gasteiger partial charge on any atom is 0.328 e. The van der Waals surface area contributed by atoms with Gasteiger partial charge in [-0.3, -0.25) is 4.79 Å². The van der Waals surface area contributed by atoms with Crippen molar-refractivity contribution in [3.63, 3.8) is 0 Å². The van der Waals surface area contributed by atoms with Crippen LogP contribution in [0.2, 0.25) is 5.02 Å². The minimum absolute atomic E-state index is 0.0943. The highest BCUT2D eigenvalue weighted by atomic mass is 35.5. The van der Waals surface area contributed by atoms with Gasteiger partial charge in [-0.2, -0.15) is 0 Å². The molecule has 0 radical (unpaired) electrons. The number of carboxylic acids is 1. The summed E-state index contributed by atoms with van der Waals surface area (Å²) in [5.74, 6) is -0.226. The third-order valence-electron chi connectivity index (χ3n) is 6.04. The molecule has 1 unspecified atom stereocenters. The number of hydrogen-bond acceptors (Lipinski definition) is 8. The largest absolute Gasteiger partial charge is 0.497 e. The number of aliphatic carboxylic acids is 1. The molecule has 0 fully saturated rings. The van der Waals surface area contributed by atoms with Crippen LogP contribution in [0, 0.1) is 0 Å². The summed E-state index contributed by atoms with van der Waals surface area (Å²) in [4.78, 5) is 26.1. The Labute approximate surface area is 236 Å². The van der Waals surface area contributed by atoms with Gasteiger partial charge in [0, 0.05) is 46.0 Å². The number of carboxylic acid groups (broad SMARTS) is 1. The van der Waals surface area contributed by atoms with Crippen LogP contribution in [-0.2, 0) is 16.1 Å². The number of methoxy groups -OCH3 is 5. The van der Waals surface area contributed by atoms with Crippen LogP contribution < -0.4 is 28.6 Å². The highest BCUT2D eigenvalue weighted by Gasteiger charge is 2.29. The Morgan fingerprint density at radius 1 is 0.850 bits per heavy atom. The molecule has 3 rings (SSSR count). The number of rotatable bonds is 12. The first kappa shape index (κ1) is 30.1. The maximum atomic E-state index is 13.6. The summed E-state index contributed by atoms with van der Waals surface area (Å²) >= 11 is 6.42. The monoisotopic (exact) mass is 571 g/mol. The number of halogens is 1. The van der Waals surface area contributed by atoms with Crippen LogP contribution in [-0.4, -0.2) is 57.6 Å². The topological polar surface area (TPSA) is 124 Å². The molecule has 0 spiro atoms.